The predicted octanol–water partition coefficient (Wildman–Crippen LogP) is 3.31. The molecule has 8 heteroatoms. The molecule has 27 heavy (non-hydrogen) atoms. The van der Waals surface area contributed by atoms with Gasteiger partial charge in [-0.3, -0.25) is 4.79 Å². The van der Waals surface area contributed by atoms with Crippen LogP contribution in [-0.2, 0) is 14.8 Å². The highest BCUT2D eigenvalue weighted by Crippen LogP contribution is 2.24. The third kappa shape index (κ3) is 5.91. The molecular weight excluding hydrogens is 388 g/mol. The third-order valence-electron chi connectivity index (χ3n) is 4.88. The Morgan fingerprint density at radius 3 is 2.63 bits per heavy atom. The van der Waals surface area contributed by atoms with Crippen molar-refractivity contribution in [1.29, 1.82) is 0 Å². The quantitative estimate of drug-likeness (QED) is 0.670. The van der Waals surface area contributed by atoms with Crippen LogP contribution in [0.15, 0.2) is 23.1 Å². The highest BCUT2D eigenvalue weighted by atomic mass is 35.5. The van der Waals surface area contributed by atoms with Gasteiger partial charge in [0.1, 0.15) is 0 Å². The highest BCUT2D eigenvalue weighted by molar-refractivity contribution is 7.89. The number of morpholine rings is 1. The fourth-order valence-corrected chi connectivity index (χ4v) is 4.69. The van der Waals surface area contributed by atoms with E-state index >= 15 is 0 Å². The molecule has 1 amide bonds. The van der Waals surface area contributed by atoms with Gasteiger partial charge in [0.2, 0.25) is 10.0 Å². The second-order valence-corrected chi connectivity index (χ2v) is 9.13. The number of nitrogens with zero attached hydrogens (tertiary/aromatic N) is 1. The molecule has 1 fully saturated rings. The SMILES string of the molecule is CCCCC(CC)CNC(=O)c1cc(S(=O)(=O)N2CCOCC2)ccc1Cl. The van der Waals surface area contributed by atoms with E-state index in [1.54, 1.807) is 0 Å². The van der Waals surface area contributed by atoms with E-state index in [1.165, 1.54) is 22.5 Å². The Balaban J connectivity index is 2.12. The van der Waals surface area contributed by atoms with Gasteiger partial charge in [0.05, 0.1) is 28.7 Å². The molecule has 1 aliphatic rings. The maximum atomic E-state index is 12.8. The molecular formula is C19H29ClN2O4S. The molecule has 1 aromatic rings. The lowest BCUT2D eigenvalue weighted by Gasteiger charge is -2.26. The fourth-order valence-electron chi connectivity index (χ4n) is 3.05. The van der Waals surface area contributed by atoms with E-state index in [4.69, 9.17) is 16.3 Å². The van der Waals surface area contributed by atoms with Crippen molar-refractivity contribution in [3.8, 4) is 0 Å². The van der Waals surface area contributed by atoms with E-state index in [0.717, 1.165) is 25.7 Å². The topological polar surface area (TPSA) is 75.7 Å². The number of amides is 1. The van der Waals surface area contributed by atoms with E-state index in [0.29, 0.717) is 38.8 Å². The Kier molecular flexibility index (Phi) is 8.54. The molecule has 6 nitrogen and oxygen atoms in total. The van der Waals surface area contributed by atoms with Crippen molar-refractivity contribution in [2.45, 2.75) is 44.4 Å². The van der Waals surface area contributed by atoms with Crippen LogP contribution in [-0.4, -0.2) is 51.5 Å². The van der Waals surface area contributed by atoms with Crippen molar-refractivity contribution in [3.05, 3.63) is 28.8 Å². The molecule has 2 rings (SSSR count). The molecule has 1 aromatic carbocycles. The number of rotatable bonds is 9. The molecule has 0 radical (unpaired) electrons. The van der Waals surface area contributed by atoms with Crippen molar-refractivity contribution in [3.63, 3.8) is 0 Å². The number of benzene rings is 1. The van der Waals surface area contributed by atoms with Crippen molar-refractivity contribution < 1.29 is 17.9 Å². The lowest BCUT2D eigenvalue weighted by atomic mass is 9.99. The minimum atomic E-state index is -3.67. The Morgan fingerprint density at radius 2 is 2.00 bits per heavy atom. The number of unbranched alkanes of at least 4 members (excludes halogenated alkanes) is 1. The van der Waals surface area contributed by atoms with Crippen LogP contribution in [0.5, 0.6) is 0 Å². The first kappa shape index (κ1) is 22.1. The Morgan fingerprint density at radius 1 is 1.30 bits per heavy atom. The largest absolute Gasteiger partial charge is 0.379 e. The molecule has 1 atom stereocenters. The summed E-state index contributed by atoms with van der Waals surface area (Å²) in [5.74, 6) is 0.0712. The molecule has 0 spiro atoms. The molecule has 1 unspecified atom stereocenters. The van der Waals surface area contributed by atoms with Gasteiger partial charge in [-0.15, -0.1) is 0 Å². The summed E-state index contributed by atoms with van der Waals surface area (Å²) >= 11 is 6.17. The normalized spacial score (nSPS) is 16.9. The number of hydrogen-bond donors (Lipinski definition) is 1. The van der Waals surface area contributed by atoms with Crippen molar-refractivity contribution in [2.75, 3.05) is 32.8 Å². The van der Waals surface area contributed by atoms with Crippen molar-refractivity contribution in [2.24, 2.45) is 5.92 Å². The smallest absolute Gasteiger partial charge is 0.252 e. The van der Waals surface area contributed by atoms with Gasteiger partial charge in [-0.25, -0.2) is 8.42 Å². The zero-order chi connectivity index (χ0) is 19.9. The van der Waals surface area contributed by atoms with E-state index < -0.39 is 10.0 Å². The van der Waals surface area contributed by atoms with E-state index in [1.807, 2.05) is 0 Å². The summed E-state index contributed by atoms with van der Waals surface area (Å²) in [6.07, 6.45) is 4.30. The minimum Gasteiger partial charge on any atom is -0.379 e. The van der Waals surface area contributed by atoms with Gasteiger partial charge < -0.3 is 10.1 Å². The van der Waals surface area contributed by atoms with Gasteiger partial charge in [0, 0.05) is 19.6 Å². The molecule has 0 bridgehead atoms. The maximum Gasteiger partial charge on any atom is 0.252 e. The van der Waals surface area contributed by atoms with Crippen LogP contribution in [0, 0.1) is 5.92 Å². The predicted molar refractivity (Wildman–Crippen MR) is 107 cm³/mol. The molecule has 0 aliphatic carbocycles. The number of ether oxygens (including phenoxy) is 1. The van der Waals surface area contributed by atoms with Gasteiger partial charge >= 0.3 is 0 Å². The molecule has 1 saturated heterocycles. The molecule has 0 saturated carbocycles. The zero-order valence-corrected chi connectivity index (χ0v) is 17.6. The number of carbonyl (C=O) groups excluding carboxylic acids is 1. The van der Waals surface area contributed by atoms with E-state index in [2.05, 4.69) is 19.2 Å². The molecule has 152 valence electrons. The lowest BCUT2D eigenvalue weighted by molar-refractivity contribution is 0.0730. The molecule has 1 heterocycles. The zero-order valence-electron chi connectivity index (χ0n) is 16.0. The Labute approximate surface area is 167 Å². The number of nitrogens with one attached hydrogen (secondary N) is 1. The maximum absolute atomic E-state index is 12.8. The van der Waals surface area contributed by atoms with Crippen molar-refractivity contribution in [1.82, 2.24) is 9.62 Å². The summed E-state index contributed by atoms with van der Waals surface area (Å²) in [5, 5.41) is 3.15. The highest BCUT2D eigenvalue weighted by Gasteiger charge is 2.27. The monoisotopic (exact) mass is 416 g/mol. The van der Waals surface area contributed by atoms with E-state index in [9.17, 15) is 13.2 Å². The second kappa shape index (κ2) is 10.4. The lowest BCUT2D eigenvalue weighted by Crippen LogP contribution is -2.40. The van der Waals surface area contributed by atoms with Gasteiger partial charge in [0.15, 0.2) is 0 Å². The molecule has 1 N–H and O–H groups in total. The van der Waals surface area contributed by atoms with Gasteiger partial charge in [-0.2, -0.15) is 4.31 Å². The van der Waals surface area contributed by atoms with Crippen LogP contribution in [0.25, 0.3) is 0 Å². The average molecular weight is 417 g/mol. The van der Waals surface area contributed by atoms with Crippen LogP contribution < -0.4 is 5.32 Å². The van der Waals surface area contributed by atoms with Crippen LogP contribution in [0.4, 0.5) is 0 Å². The van der Waals surface area contributed by atoms with Gasteiger partial charge in [-0.05, 0) is 30.5 Å². The van der Waals surface area contributed by atoms with Crippen LogP contribution in [0.2, 0.25) is 5.02 Å². The Hall–Kier alpha value is -1.15. The van der Waals surface area contributed by atoms with Gasteiger partial charge in [0.25, 0.3) is 5.91 Å². The average Bonchev–Trinajstić information content (AvgIpc) is 2.68. The van der Waals surface area contributed by atoms with E-state index in [-0.39, 0.29) is 21.4 Å². The summed E-state index contributed by atoms with van der Waals surface area (Å²) in [6, 6.07) is 4.29. The van der Waals surface area contributed by atoms with Crippen LogP contribution in [0.3, 0.4) is 0 Å². The second-order valence-electron chi connectivity index (χ2n) is 6.78. The molecule has 0 aromatic heterocycles. The number of carbonyl (C=O) groups is 1. The minimum absolute atomic E-state index is 0.0805. The number of sulfonamides is 1. The Bertz CT molecular complexity index is 733. The van der Waals surface area contributed by atoms with Crippen LogP contribution >= 0.6 is 11.6 Å². The summed E-state index contributed by atoms with van der Waals surface area (Å²) < 4.78 is 32.2. The van der Waals surface area contributed by atoms with Gasteiger partial charge in [-0.1, -0.05) is 44.7 Å². The number of halogens is 1. The third-order valence-corrected chi connectivity index (χ3v) is 7.11. The fraction of sp³-hybridized carbons (Fsp3) is 0.632. The molecule has 1 aliphatic heterocycles. The summed E-state index contributed by atoms with van der Waals surface area (Å²) in [5.41, 5.74) is 0.191. The first-order valence-electron chi connectivity index (χ1n) is 9.55. The summed E-state index contributed by atoms with van der Waals surface area (Å²) in [7, 11) is -3.67. The standard InChI is InChI=1S/C19H29ClN2O4S/c1-3-5-6-15(4-2)14-21-19(23)17-13-16(7-8-18(17)20)27(24,25)22-9-11-26-12-10-22/h7-8,13,15H,3-6,9-12,14H2,1-2H3,(H,21,23). The first-order chi connectivity index (χ1) is 12.9. The summed E-state index contributed by atoms with van der Waals surface area (Å²) in [4.78, 5) is 12.7. The van der Waals surface area contributed by atoms with Crippen LogP contribution in [0.1, 0.15) is 49.9 Å². The first-order valence-corrected chi connectivity index (χ1v) is 11.4. The number of hydrogen-bond acceptors (Lipinski definition) is 4. The summed E-state index contributed by atoms with van der Waals surface area (Å²) in [6.45, 7) is 6.17. The van der Waals surface area contributed by atoms with Crippen molar-refractivity contribution >= 4 is 27.5 Å².